The Balaban J connectivity index is 1.77. The van der Waals surface area contributed by atoms with Crippen LogP contribution in [0.3, 0.4) is 0 Å². The summed E-state index contributed by atoms with van der Waals surface area (Å²) in [7, 11) is 1.51. The Morgan fingerprint density at radius 3 is 2.84 bits per heavy atom. The Morgan fingerprint density at radius 1 is 1.32 bits per heavy atom. The minimum Gasteiger partial charge on any atom is -0.481 e. The standard InChI is InChI=1S/C19H23N3O3/c1-25-17-10-16(20-14-21-17)18(24)22-9-5-8-19(12-22,13-23)11-15-6-3-2-4-7-15/h2-4,6-7,10,14,23H,5,8-9,11-13H2,1H3. The highest BCUT2D eigenvalue weighted by atomic mass is 16.5. The number of nitrogens with zero attached hydrogens (tertiary/aromatic N) is 3. The van der Waals surface area contributed by atoms with Crippen molar-refractivity contribution in [2.75, 3.05) is 26.8 Å². The maximum Gasteiger partial charge on any atom is 0.272 e. The normalized spacial score (nSPS) is 20.3. The number of likely N-dealkylation sites (tertiary alicyclic amines) is 1. The number of methoxy groups -OCH3 is 1. The van der Waals surface area contributed by atoms with Crippen molar-refractivity contribution in [2.24, 2.45) is 5.41 Å². The van der Waals surface area contributed by atoms with E-state index in [0.29, 0.717) is 24.7 Å². The summed E-state index contributed by atoms with van der Waals surface area (Å²) in [6.07, 6.45) is 3.84. The van der Waals surface area contributed by atoms with Gasteiger partial charge in [-0.15, -0.1) is 0 Å². The van der Waals surface area contributed by atoms with E-state index in [4.69, 9.17) is 4.74 Å². The first-order valence-electron chi connectivity index (χ1n) is 8.46. The molecule has 132 valence electrons. The van der Waals surface area contributed by atoms with E-state index in [9.17, 15) is 9.90 Å². The molecule has 25 heavy (non-hydrogen) atoms. The van der Waals surface area contributed by atoms with Crippen molar-refractivity contribution in [3.05, 3.63) is 54.0 Å². The van der Waals surface area contributed by atoms with Crippen molar-refractivity contribution in [1.29, 1.82) is 0 Å². The van der Waals surface area contributed by atoms with Crippen molar-refractivity contribution in [1.82, 2.24) is 14.9 Å². The molecule has 6 nitrogen and oxygen atoms in total. The molecule has 1 atom stereocenters. The third-order valence-corrected chi connectivity index (χ3v) is 4.78. The Labute approximate surface area is 147 Å². The van der Waals surface area contributed by atoms with Gasteiger partial charge in [0.1, 0.15) is 12.0 Å². The second-order valence-corrected chi connectivity index (χ2v) is 6.60. The van der Waals surface area contributed by atoms with Gasteiger partial charge in [0.25, 0.3) is 5.91 Å². The highest BCUT2D eigenvalue weighted by molar-refractivity contribution is 5.92. The molecule has 2 aromatic rings. The predicted molar refractivity (Wildman–Crippen MR) is 93.4 cm³/mol. The highest BCUT2D eigenvalue weighted by Gasteiger charge is 2.37. The molecule has 0 radical (unpaired) electrons. The Hall–Kier alpha value is -2.47. The molecule has 1 amide bonds. The lowest BCUT2D eigenvalue weighted by Crippen LogP contribution is -2.49. The first-order valence-corrected chi connectivity index (χ1v) is 8.46. The number of amides is 1. The van der Waals surface area contributed by atoms with Gasteiger partial charge in [-0.3, -0.25) is 4.79 Å². The highest BCUT2D eigenvalue weighted by Crippen LogP contribution is 2.34. The van der Waals surface area contributed by atoms with Crippen LogP contribution in [0, 0.1) is 5.41 Å². The quantitative estimate of drug-likeness (QED) is 0.899. The molecule has 0 aliphatic carbocycles. The smallest absolute Gasteiger partial charge is 0.272 e. The van der Waals surface area contributed by atoms with Gasteiger partial charge in [0, 0.05) is 24.6 Å². The second kappa shape index (κ2) is 7.61. The average molecular weight is 341 g/mol. The van der Waals surface area contributed by atoms with Crippen LogP contribution in [0.2, 0.25) is 0 Å². The molecule has 1 aromatic heterocycles. The molecule has 1 aromatic carbocycles. The molecule has 1 aliphatic rings. The second-order valence-electron chi connectivity index (χ2n) is 6.60. The fourth-order valence-electron chi connectivity index (χ4n) is 3.47. The molecule has 1 saturated heterocycles. The van der Waals surface area contributed by atoms with Crippen LogP contribution in [0.25, 0.3) is 0 Å². The summed E-state index contributed by atoms with van der Waals surface area (Å²) in [6, 6.07) is 11.7. The number of carbonyl (C=O) groups excluding carboxylic acids is 1. The van der Waals surface area contributed by atoms with Crippen LogP contribution in [0.15, 0.2) is 42.7 Å². The molecule has 2 heterocycles. The molecular weight excluding hydrogens is 318 g/mol. The molecule has 1 N–H and O–H groups in total. The summed E-state index contributed by atoms with van der Waals surface area (Å²) in [5, 5.41) is 10.1. The minimum absolute atomic E-state index is 0.0543. The number of aliphatic hydroxyl groups excluding tert-OH is 1. The fourth-order valence-corrected chi connectivity index (χ4v) is 3.47. The van der Waals surface area contributed by atoms with Crippen LogP contribution < -0.4 is 4.74 Å². The lowest BCUT2D eigenvalue weighted by Gasteiger charge is -2.42. The zero-order valence-electron chi connectivity index (χ0n) is 14.4. The minimum atomic E-state index is -0.313. The van der Waals surface area contributed by atoms with Crippen LogP contribution in [0.4, 0.5) is 0 Å². The molecular formula is C19H23N3O3. The first-order chi connectivity index (χ1) is 12.2. The number of benzene rings is 1. The van der Waals surface area contributed by atoms with Gasteiger partial charge in [-0.1, -0.05) is 30.3 Å². The summed E-state index contributed by atoms with van der Waals surface area (Å²) < 4.78 is 5.07. The van der Waals surface area contributed by atoms with E-state index < -0.39 is 0 Å². The maximum absolute atomic E-state index is 12.8. The van der Waals surface area contributed by atoms with E-state index in [-0.39, 0.29) is 17.9 Å². The van der Waals surface area contributed by atoms with E-state index in [0.717, 1.165) is 19.3 Å². The summed E-state index contributed by atoms with van der Waals surface area (Å²) in [6.45, 7) is 1.24. The topological polar surface area (TPSA) is 75.5 Å². The number of piperidine rings is 1. The average Bonchev–Trinajstić information content (AvgIpc) is 2.68. The van der Waals surface area contributed by atoms with Gasteiger partial charge in [-0.2, -0.15) is 0 Å². The summed E-state index contributed by atoms with van der Waals surface area (Å²) in [5.74, 6) is 0.222. The molecule has 0 spiro atoms. The third-order valence-electron chi connectivity index (χ3n) is 4.78. The van der Waals surface area contributed by atoms with Crippen molar-refractivity contribution in [3.63, 3.8) is 0 Å². The van der Waals surface area contributed by atoms with Crippen molar-refractivity contribution in [3.8, 4) is 5.88 Å². The Bertz CT molecular complexity index is 723. The number of aromatic nitrogens is 2. The maximum atomic E-state index is 12.8. The number of rotatable bonds is 5. The monoisotopic (exact) mass is 341 g/mol. The van der Waals surface area contributed by atoms with Crippen LogP contribution in [0.5, 0.6) is 5.88 Å². The van der Waals surface area contributed by atoms with E-state index in [1.165, 1.54) is 19.0 Å². The summed E-state index contributed by atoms with van der Waals surface area (Å²) >= 11 is 0. The number of hydrogen-bond donors (Lipinski definition) is 1. The number of hydrogen-bond acceptors (Lipinski definition) is 5. The van der Waals surface area contributed by atoms with Gasteiger partial charge in [0.15, 0.2) is 0 Å². The van der Waals surface area contributed by atoms with Gasteiger partial charge < -0.3 is 14.7 Å². The van der Waals surface area contributed by atoms with Gasteiger partial charge in [-0.05, 0) is 24.8 Å². The van der Waals surface area contributed by atoms with Gasteiger partial charge >= 0.3 is 0 Å². The van der Waals surface area contributed by atoms with Crippen LogP contribution >= 0.6 is 0 Å². The van der Waals surface area contributed by atoms with Crippen LogP contribution in [-0.2, 0) is 6.42 Å². The molecule has 0 saturated carbocycles. The van der Waals surface area contributed by atoms with Gasteiger partial charge in [0.05, 0.1) is 13.7 Å². The Kier molecular flexibility index (Phi) is 5.28. The van der Waals surface area contributed by atoms with Crippen molar-refractivity contribution >= 4 is 5.91 Å². The zero-order chi connectivity index (χ0) is 17.7. The van der Waals surface area contributed by atoms with Crippen molar-refractivity contribution < 1.29 is 14.6 Å². The molecule has 0 bridgehead atoms. The van der Waals surface area contributed by atoms with Crippen molar-refractivity contribution in [2.45, 2.75) is 19.3 Å². The van der Waals surface area contributed by atoms with E-state index >= 15 is 0 Å². The SMILES string of the molecule is COc1cc(C(=O)N2CCCC(CO)(Cc3ccccc3)C2)ncn1. The number of carbonyl (C=O) groups is 1. The molecule has 1 aliphatic heterocycles. The van der Waals surface area contributed by atoms with Crippen LogP contribution in [-0.4, -0.2) is 52.7 Å². The molecule has 3 rings (SSSR count). The van der Waals surface area contributed by atoms with Crippen LogP contribution in [0.1, 0.15) is 28.9 Å². The van der Waals surface area contributed by atoms with Gasteiger partial charge in [0.2, 0.25) is 5.88 Å². The molecule has 6 heteroatoms. The third kappa shape index (κ3) is 3.96. The zero-order valence-corrected chi connectivity index (χ0v) is 14.4. The summed E-state index contributed by atoms with van der Waals surface area (Å²) in [5.41, 5.74) is 1.18. The Morgan fingerprint density at radius 2 is 2.12 bits per heavy atom. The predicted octanol–water partition coefficient (Wildman–Crippen LogP) is 1.94. The lowest BCUT2D eigenvalue weighted by atomic mass is 9.75. The van der Waals surface area contributed by atoms with E-state index in [2.05, 4.69) is 22.1 Å². The fraction of sp³-hybridized carbons (Fsp3) is 0.421. The first kappa shape index (κ1) is 17.4. The molecule has 1 fully saturated rings. The summed E-state index contributed by atoms with van der Waals surface area (Å²) in [4.78, 5) is 22.6. The van der Waals surface area contributed by atoms with E-state index in [1.807, 2.05) is 18.2 Å². The van der Waals surface area contributed by atoms with Gasteiger partial charge in [-0.25, -0.2) is 9.97 Å². The molecule has 1 unspecified atom stereocenters. The lowest BCUT2D eigenvalue weighted by molar-refractivity contribution is 0.0267. The number of aliphatic hydroxyl groups is 1. The largest absolute Gasteiger partial charge is 0.481 e. The number of ether oxygens (including phenoxy) is 1. The van der Waals surface area contributed by atoms with E-state index in [1.54, 1.807) is 11.0 Å².